The highest BCUT2D eigenvalue weighted by Gasteiger charge is 2.36. The highest BCUT2D eigenvalue weighted by Crippen LogP contribution is 2.38. The summed E-state index contributed by atoms with van der Waals surface area (Å²) in [5.74, 6) is -1.02. The second kappa shape index (κ2) is 5.83. The predicted molar refractivity (Wildman–Crippen MR) is 69.7 cm³/mol. The zero-order valence-electron chi connectivity index (χ0n) is 10.8. The monoisotopic (exact) mass is 299 g/mol. The molecule has 0 heterocycles. The Kier molecular flexibility index (Phi) is 4.29. The topological polar surface area (TPSA) is 46.2 Å². The molecule has 0 saturated heterocycles. The van der Waals surface area contributed by atoms with Crippen molar-refractivity contribution < 1.29 is 22.7 Å². The van der Waals surface area contributed by atoms with E-state index < -0.39 is 35.3 Å². The van der Waals surface area contributed by atoms with Crippen molar-refractivity contribution in [1.29, 1.82) is 0 Å². The number of aliphatic hydroxyl groups excluding tert-OH is 1. The van der Waals surface area contributed by atoms with Gasteiger partial charge < -0.3 is 10.8 Å². The van der Waals surface area contributed by atoms with E-state index in [1.165, 1.54) is 0 Å². The fraction of sp³-hybridized carbons (Fsp3) is 0.200. The van der Waals surface area contributed by atoms with Gasteiger partial charge in [0.2, 0.25) is 0 Å². The van der Waals surface area contributed by atoms with Crippen LogP contribution in [0.25, 0.3) is 0 Å². The summed E-state index contributed by atoms with van der Waals surface area (Å²) in [5, 5.41) is 10.1. The van der Waals surface area contributed by atoms with Crippen molar-refractivity contribution in [2.75, 3.05) is 0 Å². The fourth-order valence-electron chi connectivity index (χ4n) is 2.08. The predicted octanol–water partition coefficient (Wildman–Crippen LogP) is 3.58. The molecule has 2 unspecified atom stereocenters. The average molecular weight is 299 g/mol. The van der Waals surface area contributed by atoms with Gasteiger partial charge in [-0.15, -0.1) is 0 Å². The number of hydrogen-bond donors (Lipinski definition) is 2. The Balaban J connectivity index is 2.42. The van der Waals surface area contributed by atoms with E-state index in [0.29, 0.717) is 11.6 Å². The van der Waals surface area contributed by atoms with Gasteiger partial charge in [-0.3, -0.25) is 0 Å². The first-order valence-corrected chi connectivity index (χ1v) is 6.16. The van der Waals surface area contributed by atoms with Crippen molar-refractivity contribution in [3.63, 3.8) is 0 Å². The summed E-state index contributed by atoms with van der Waals surface area (Å²) >= 11 is 0. The number of halogens is 4. The molecule has 0 aliphatic carbocycles. The minimum absolute atomic E-state index is 0.357. The highest BCUT2D eigenvalue weighted by atomic mass is 19.4. The summed E-state index contributed by atoms with van der Waals surface area (Å²) in [5.41, 5.74) is 4.63. The van der Waals surface area contributed by atoms with Crippen LogP contribution in [0.5, 0.6) is 0 Å². The molecule has 2 rings (SSSR count). The normalized spacial score (nSPS) is 14.8. The Morgan fingerprint density at radius 2 is 1.62 bits per heavy atom. The van der Waals surface area contributed by atoms with E-state index in [9.17, 15) is 22.7 Å². The number of aliphatic hydroxyl groups is 1. The van der Waals surface area contributed by atoms with E-state index in [0.717, 1.165) is 12.1 Å². The van der Waals surface area contributed by atoms with Crippen molar-refractivity contribution in [3.8, 4) is 0 Å². The molecule has 112 valence electrons. The lowest BCUT2D eigenvalue weighted by Crippen LogP contribution is -2.22. The Bertz CT molecular complexity index is 613. The van der Waals surface area contributed by atoms with Crippen LogP contribution >= 0.6 is 0 Å². The zero-order valence-corrected chi connectivity index (χ0v) is 10.8. The van der Waals surface area contributed by atoms with E-state index in [1.807, 2.05) is 0 Å². The molecule has 6 heteroatoms. The van der Waals surface area contributed by atoms with Gasteiger partial charge in [-0.25, -0.2) is 4.39 Å². The van der Waals surface area contributed by atoms with Crippen molar-refractivity contribution in [2.24, 2.45) is 5.73 Å². The molecule has 0 aromatic heterocycles. The highest BCUT2D eigenvalue weighted by molar-refractivity contribution is 5.35. The molecule has 0 amide bonds. The van der Waals surface area contributed by atoms with Gasteiger partial charge in [-0.1, -0.05) is 36.4 Å². The summed E-state index contributed by atoms with van der Waals surface area (Å²) in [6.45, 7) is 0. The second-order valence-corrected chi connectivity index (χ2v) is 4.61. The summed E-state index contributed by atoms with van der Waals surface area (Å²) in [7, 11) is 0. The first-order chi connectivity index (χ1) is 9.80. The van der Waals surface area contributed by atoms with Crippen LogP contribution in [0.4, 0.5) is 17.6 Å². The first-order valence-electron chi connectivity index (χ1n) is 6.16. The largest absolute Gasteiger partial charge is 0.416 e. The lowest BCUT2D eigenvalue weighted by Gasteiger charge is -2.23. The van der Waals surface area contributed by atoms with E-state index in [4.69, 9.17) is 5.73 Å². The quantitative estimate of drug-likeness (QED) is 0.851. The molecule has 3 N–H and O–H groups in total. The lowest BCUT2D eigenvalue weighted by molar-refractivity contribution is -0.139. The fourth-order valence-corrected chi connectivity index (χ4v) is 2.08. The van der Waals surface area contributed by atoms with Crippen molar-refractivity contribution >= 4 is 0 Å². The molecule has 2 aromatic carbocycles. The summed E-state index contributed by atoms with van der Waals surface area (Å²) in [6, 6.07) is 9.34. The summed E-state index contributed by atoms with van der Waals surface area (Å²) < 4.78 is 51.9. The molecule has 2 atom stereocenters. The van der Waals surface area contributed by atoms with E-state index in [-0.39, 0.29) is 0 Å². The summed E-state index contributed by atoms with van der Waals surface area (Å²) in [6.07, 6.45) is -6.36. The van der Waals surface area contributed by atoms with Crippen molar-refractivity contribution in [3.05, 3.63) is 71.0 Å². The van der Waals surface area contributed by atoms with Crippen LogP contribution in [0.2, 0.25) is 0 Å². The van der Waals surface area contributed by atoms with E-state index >= 15 is 0 Å². The van der Waals surface area contributed by atoms with E-state index in [1.54, 1.807) is 30.3 Å². The minimum atomic E-state index is -4.77. The number of benzene rings is 2. The summed E-state index contributed by atoms with van der Waals surface area (Å²) in [4.78, 5) is 0. The van der Waals surface area contributed by atoms with Crippen LogP contribution in [0.1, 0.15) is 28.8 Å². The van der Waals surface area contributed by atoms with Gasteiger partial charge in [0.25, 0.3) is 0 Å². The maximum absolute atomic E-state index is 13.1. The molecule has 21 heavy (non-hydrogen) atoms. The third-order valence-electron chi connectivity index (χ3n) is 3.16. The molecule has 0 fully saturated rings. The molecule has 2 nitrogen and oxygen atoms in total. The van der Waals surface area contributed by atoms with Crippen molar-refractivity contribution in [2.45, 2.75) is 18.3 Å². The zero-order chi connectivity index (χ0) is 15.6. The third kappa shape index (κ3) is 3.40. The van der Waals surface area contributed by atoms with E-state index in [2.05, 4.69) is 0 Å². The van der Waals surface area contributed by atoms with Crippen molar-refractivity contribution in [1.82, 2.24) is 0 Å². The van der Waals surface area contributed by atoms with Gasteiger partial charge in [-0.05, 0) is 23.3 Å². The van der Waals surface area contributed by atoms with Crippen LogP contribution in [0, 0.1) is 5.82 Å². The van der Waals surface area contributed by atoms with Gasteiger partial charge in [0, 0.05) is 0 Å². The number of rotatable bonds is 3. The molecule has 0 aliphatic heterocycles. The van der Waals surface area contributed by atoms with Crippen LogP contribution < -0.4 is 5.73 Å². The second-order valence-electron chi connectivity index (χ2n) is 4.61. The van der Waals surface area contributed by atoms with Crippen LogP contribution in [-0.2, 0) is 6.18 Å². The van der Waals surface area contributed by atoms with Crippen LogP contribution in [0.3, 0.4) is 0 Å². The molecular formula is C15H13F4NO. The lowest BCUT2D eigenvalue weighted by atomic mass is 9.93. The van der Waals surface area contributed by atoms with Crippen LogP contribution in [-0.4, -0.2) is 5.11 Å². The van der Waals surface area contributed by atoms with Gasteiger partial charge in [0.1, 0.15) is 5.82 Å². The maximum Gasteiger partial charge on any atom is 0.416 e. The standard InChI is InChI=1S/C15H13F4NO/c16-10-6-7-11(12(8-10)15(17,18)19)14(21)13(20)9-4-2-1-3-5-9/h1-8,13-14,21H,20H2. The molecule has 0 aliphatic rings. The molecule has 0 saturated carbocycles. The van der Waals surface area contributed by atoms with Gasteiger partial charge >= 0.3 is 6.18 Å². The molecular weight excluding hydrogens is 286 g/mol. The van der Waals surface area contributed by atoms with Crippen LogP contribution in [0.15, 0.2) is 48.5 Å². The number of nitrogens with two attached hydrogens (primary N) is 1. The molecule has 2 aromatic rings. The maximum atomic E-state index is 13.1. The molecule has 0 bridgehead atoms. The van der Waals surface area contributed by atoms with Gasteiger partial charge in [0.15, 0.2) is 0 Å². The Hall–Kier alpha value is -1.92. The van der Waals surface area contributed by atoms with Gasteiger partial charge in [0.05, 0.1) is 17.7 Å². The Labute approximate surface area is 118 Å². The smallest absolute Gasteiger partial charge is 0.386 e. The first kappa shape index (κ1) is 15.5. The Morgan fingerprint density at radius 1 is 1.00 bits per heavy atom. The van der Waals surface area contributed by atoms with Gasteiger partial charge in [-0.2, -0.15) is 13.2 Å². The third-order valence-corrected chi connectivity index (χ3v) is 3.16. The Morgan fingerprint density at radius 3 is 2.19 bits per heavy atom. The molecule has 0 radical (unpaired) electrons. The number of alkyl halides is 3. The minimum Gasteiger partial charge on any atom is -0.386 e. The average Bonchev–Trinajstić information content (AvgIpc) is 2.45. The number of hydrogen-bond acceptors (Lipinski definition) is 2. The SMILES string of the molecule is NC(c1ccccc1)C(O)c1ccc(F)cc1C(F)(F)F. The molecule has 0 spiro atoms.